The minimum Gasteiger partial charge on any atom is -0.370 e. The van der Waals surface area contributed by atoms with Crippen molar-refractivity contribution in [2.75, 3.05) is 37.7 Å². The number of thiazole rings is 1. The minimum absolute atomic E-state index is 0. The number of nitrogens with two attached hydrogens (primary N) is 1. The normalized spacial score (nSPS) is 15.3. The number of anilines is 1. The summed E-state index contributed by atoms with van der Waals surface area (Å²) in [5, 5.41) is 2.97. The average molecular weight is 541 g/mol. The summed E-state index contributed by atoms with van der Waals surface area (Å²) in [6, 6.07) is 7.16. The summed E-state index contributed by atoms with van der Waals surface area (Å²) in [7, 11) is 0. The molecule has 160 valence electrons. The van der Waals surface area contributed by atoms with Crippen LogP contribution in [0.2, 0.25) is 0 Å². The molecule has 1 aromatic heterocycles. The molecule has 1 aliphatic rings. The van der Waals surface area contributed by atoms with Crippen LogP contribution in [0.4, 0.5) is 18.3 Å². The first-order valence-electron chi connectivity index (χ1n) is 8.82. The van der Waals surface area contributed by atoms with Crippen LogP contribution >= 0.6 is 35.3 Å². The number of aromatic nitrogens is 1. The highest BCUT2D eigenvalue weighted by atomic mass is 127. The Morgan fingerprint density at radius 1 is 1.21 bits per heavy atom. The summed E-state index contributed by atoms with van der Waals surface area (Å²) in [5.74, 6) is 0.470. The summed E-state index contributed by atoms with van der Waals surface area (Å²) >= 11 is 1.62. The van der Waals surface area contributed by atoms with Gasteiger partial charge in [0.05, 0.1) is 13.2 Å². The summed E-state index contributed by atoms with van der Waals surface area (Å²) in [4.78, 5) is 13.0. The number of benzene rings is 1. The van der Waals surface area contributed by atoms with Gasteiger partial charge in [0.1, 0.15) is 6.61 Å². The fourth-order valence-corrected chi connectivity index (χ4v) is 3.57. The van der Waals surface area contributed by atoms with Gasteiger partial charge in [-0.2, -0.15) is 13.2 Å². The van der Waals surface area contributed by atoms with E-state index < -0.39 is 12.8 Å². The third kappa shape index (κ3) is 7.63. The predicted octanol–water partition coefficient (Wildman–Crippen LogP) is 3.48. The molecule has 29 heavy (non-hydrogen) atoms. The van der Waals surface area contributed by atoms with Gasteiger partial charge in [0.2, 0.25) is 0 Å². The molecule has 2 N–H and O–H groups in total. The number of halogens is 4. The molecular weight excluding hydrogens is 518 g/mol. The predicted molar refractivity (Wildman–Crippen MR) is 119 cm³/mol. The smallest absolute Gasteiger partial charge is 0.370 e. The fraction of sp³-hybridized carbons (Fsp3) is 0.444. The van der Waals surface area contributed by atoms with E-state index in [1.54, 1.807) is 35.7 Å². The maximum absolute atomic E-state index is 12.2. The number of hydrogen-bond acceptors (Lipinski definition) is 5. The molecule has 0 aliphatic carbocycles. The maximum atomic E-state index is 12.2. The molecule has 2 heterocycles. The Kier molecular flexibility index (Phi) is 8.96. The Morgan fingerprint density at radius 2 is 1.93 bits per heavy atom. The number of alkyl halides is 3. The Morgan fingerprint density at radius 3 is 2.59 bits per heavy atom. The zero-order valence-electron chi connectivity index (χ0n) is 15.6. The van der Waals surface area contributed by atoms with Crippen LogP contribution in [0.15, 0.2) is 40.8 Å². The number of nitrogens with zero attached hydrogens (tertiary/aromatic N) is 4. The standard InChI is InChI=1S/C18H22F3N5OS.HI/c19-18(20,21)13-27-12-15-3-1-2-14(10-15)11-24-16(22)25-5-7-26(8-6-25)17-23-4-9-28-17;/h1-4,9-10H,5-8,11-13H2,(H2,22,24);1H. The Labute approximate surface area is 188 Å². The van der Waals surface area contributed by atoms with Gasteiger partial charge in [-0.3, -0.25) is 0 Å². The quantitative estimate of drug-likeness (QED) is 0.345. The van der Waals surface area contributed by atoms with Crippen LogP contribution in [0.25, 0.3) is 0 Å². The molecule has 0 spiro atoms. The van der Waals surface area contributed by atoms with Crippen molar-refractivity contribution in [2.45, 2.75) is 19.3 Å². The van der Waals surface area contributed by atoms with E-state index >= 15 is 0 Å². The molecule has 0 saturated carbocycles. The summed E-state index contributed by atoms with van der Waals surface area (Å²) in [5.41, 5.74) is 7.67. The van der Waals surface area contributed by atoms with Crippen molar-refractivity contribution in [3.63, 3.8) is 0 Å². The van der Waals surface area contributed by atoms with Crippen LogP contribution in [0.1, 0.15) is 11.1 Å². The average Bonchev–Trinajstić information content (AvgIpc) is 3.20. The third-order valence-electron chi connectivity index (χ3n) is 4.24. The Hall–Kier alpha value is -1.60. The van der Waals surface area contributed by atoms with E-state index in [0.717, 1.165) is 36.9 Å². The molecule has 0 radical (unpaired) electrons. The summed E-state index contributed by atoms with van der Waals surface area (Å²) in [6.07, 6.45) is -2.52. The monoisotopic (exact) mass is 541 g/mol. The summed E-state index contributed by atoms with van der Waals surface area (Å²) in [6.45, 7) is 2.21. The van der Waals surface area contributed by atoms with Gasteiger partial charge in [0.15, 0.2) is 11.1 Å². The molecule has 0 amide bonds. The second-order valence-electron chi connectivity index (χ2n) is 6.39. The lowest BCUT2D eigenvalue weighted by Gasteiger charge is -2.35. The largest absolute Gasteiger partial charge is 0.411 e. The number of hydrogen-bond donors (Lipinski definition) is 1. The van der Waals surface area contributed by atoms with Crippen LogP contribution in [0.5, 0.6) is 0 Å². The van der Waals surface area contributed by atoms with Crippen molar-refractivity contribution in [1.29, 1.82) is 0 Å². The maximum Gasteiger partial charge on any atom is 0.411 e. The van der Waals surface area contributed by atoms with Crippen LogP contribution in [-0.4, -0.2) is 54.8 Å². The molecule has 6 nitrogen and oxygen atoms in total. The highest BCUT2D eigenvalue weighted by Crippen LogP contribution is 2.19. The van der Waals surface area contributed by atoms with Crippen molar-refractivity contribution < 1.29 is 17.9 Å². The van der Waals surface area contributed by atoms with Crippen LogP contribution in [0.3, 0.4) is 0 Å². The van der Waals surface area contributed by atoms with Gasteiger partial charge >= 0.3 is 6.18 Å². The number of aliphatic imine (C=N–C) groups is 1. The summed E-state index contributed by atoms with van der Waals surface area (Å²) < 4.78 is 41.2. The highest BCUT2D eigenvalue weighted by molar-refractivity contribution is 14.0. The van der Waals surface area contributed by atoms with Crippen LogP contribution in [0, 0.1) is 0 Å². The molecule has 1 saturated heterocycles. The zero-order valence-corrected chi connectivity index (χ0v) is 18.8. The van der Waals surface area contributed by atoms with Crippen molar-refractivity contribution >= 4 is 46.4 Å². The number of ether oxygens (including phenoxy) is 1. The molecule has 0 atom stereocenters. The molecule has 0 bridgehead atoms. The zero-order chi connectivity index (χ0) is 20.0. The van der Waals surface area contributed by atoms with E-state index in [4.69, 9.17) is 10.5 Å². The van der Waals surface area contributed by atoms with Crippen molar-refractivity contribution in [3.8, 4) is 0 Å². The first-order chi connectivity index (χ1) is 13.4. The van der Waals surface area contributed by atoms with E-state index in [2.05, 4.69) is 14.9 Å². The van der Waals surface area contributed by atoms with Gasteiger partial charge in [0, 0.05) is 37.8 Å². The first-order valence-corrected chi connectivity index (χ1v) is 9.70. The van der Waals surface area contributed by atoms with Crippen molar-refractivity contribution in [1.82, 2.24) is 9.88 Å². The number of piperazine rings is 1. The van der Waals surface area contributed by atoms with E-state index in [1.807, 2.05) is 16.3 Å². The molecule has 1 aromatic carbocycles. The first kappa shape index (κ1) is 23.7. The molecule has 11 heteroatoms. The molecular formula is C18H23F3IN5OS. The van der Waals surface area contributed by atoms with Gasteiger partial charge in [-0.1, -0.05) is 24.3 Å². The lowest BCUT2D eigenvalue weighted by atomic mass is 10.1. The van der Waals surface area contributed by atoms with Gasteiger partial charge in [-0.15, -0.1) is 35.3 Å². The van der Waals surface area contributed by atoms with Gasteiger partial charge in [-0.05, 0) is 11.1 Å². The minimum atomic E-state index is -4.32. The lowest BCUT2D eigenvalue weighted by Crippen LogP contribution is -2.51. The topological polar surface area (TPSA) is 67.0 Å². The van der Waals surface area contributed by atoms with E-state index in [9.17, 15) is 13.2 Å². The van der Waals surface area contributed by atoms with Crippen molar-refractivity contribution in [2.24, 2.45) is 10.7 Å². The second-order valence-corrected chi connectivity index (χ2v) is 7.26. The van der Waals surface area contributed by atoms with Gasteiger partial charge in [-0.25, -0.2) is 9.98 Å². The van der Waals surface area contributed by atoms with Gasteiger partial charge < -0.3 is 20.3 Å². The lowest BCUT2D eigenvalue weighted by molar-refractivity contribution is -0.176. The molecule has 0 unspecified atom stereocenters. The fourth-order valence-electron chi connectivity index (χ4n) is 2.87. The Bertz CT molecular complexity index is 780. The second kappa shape index (κ2) is 11.0. The number of guanidine groups is 1. The SMILES string of the molecule is I.NC(=NCc1cccc(COCC(F)(F)F)c1)N1CCN(c2nccs2)CC1. The van der Waals surface area contributed by atoms with E-state index in [0.29, 0.717) is 18.1 Å². The highest BCUT2D eigenvalue weighted by Gasteiger charge is 2.27. The van der Waals surface area contributed by atoms with Crippen LogP contribution in [-0.2, 0) is 17.9 Å². The molecule has 3 rings (SSSR count). The van der Waals surface area contributed by atoms with Crippen molar-refractivity contribution in [3.05, 3.63) is 47.0 Å². The van der Waals surface area contributed by atoms with Gasteiger partial charge in [0.25, 0.3) is 0 Å². The molecule has 1 aliphatic heterocycles. The molecule has 1 fully saturated rings. The van der Waals surface area contributed by atoms with Crippen LogP contribution < -0.4 is 10.6 Å². The Balaban J connectivity index is 0.00000300. The number of rotatable bonds is 6. The van der Waals surface area contributed by atoms with E-state index in [1.165, 1.54) is 0 Å². The molecule has 2 aromatic rings. The third-order valence-corrected chi connectivity index (χ3v) is 5.08. The van der Waals surface area contributed by atoms with E-state index in [-0.39, 0.29) is 30.6 Å².